The van der Waals surface area contributed by atoms with Gasteiger partial charge in [0, 0.05) is 16.7 Å². The standard InChI is InChI=1S/C11H8ClNO4/c1-16-8-3-6(2-7(12)4-8)9-5-10(11(14)15)17-13-9/h2-5H,1H3,(H,14,15). The van der Waals surface area contributed by atoms with Gasteiger partial charge in [0.1, 0.15) is 11.4 Å². The van der Waals surface area contributed by atoms with E-state index in [9.17, 15) is 4.79 Å². The Kier molecular flexibility index (Phi) is 3.01. The van der Waals surface area contributed by atoms with Crippen molar-refractivity contribution in [2.45, 2.75) is 0 Å². The third kappa shape index (κ3) is 2.39. The molecule has 0 aliphatic heterocycles. The summed E-state index contributed by atoms with van der Waals surface area (Å²) in [6.45, 7) is 0. The van der Waals surface area contributed by atoms with Crippen molar-refractivity contribution >= 4 is 17.6 Å². The number of nitrogens with zero attached hydrogens (tertiary/aromatic N) is 1. The summed E-state index contributed by atoms with van der Waals surface area (Å²) in [6.07, 6.45) is 0. The molecule has 0 amide bonds. The first kappa shape index (κ1) is 11.5. The number of halogens is 1. The molecule has 1 aromatic carbocycles. The first-order valence-corrected chi connectivity index (χ1v) is 5.03. The Morgan fingerprint density at radius 2 is 2.18 bits per heavy atom. The molecule has 0 atom stereocenters. The second kappa shape index (κ2) is 4.47. The molecule has 0 aliphatic rings. The maximum absolute atomic E-state index is 10.7. The second-order valence-corrected chi connectivity index (χ2v) is 3.70. The van der Waals surface area contributed by atoms with E-state index < -0.39 is 5.97 Å². The molecular formula is C11H8ClNO4. The maximum atomic E-state index is 10.7. The Bertz CT molecular complexity index is 564. The lowest BCUT2D eigenvalue weighted by atomic mass is 10.1. The molecular weight excluding hydrogens is 246 g/mol. The number of methoxy groups -OCH3 is 1. The largest absolute Gasteiger partial charge is 0.497 e. The number of aromatic nitrogens is 1. The van der Waals surface area contributed by atoms with Gasteiger partial charge in [-0.2, -0.15) is 0 Å². The highest BCUT2D eigenvalue weighted by atomic mass is 35.5. The van der Waals surface area contributed by atoms with Crippen molar-refractivity contribution in [1.29, 1.82) is 0 Å². The van der Waals surface area contributed by atoms with Crippen molar-refractivity contribution in [1.82, 2.24) is 5.16 Å². The second-order valence-electron chi connectivity index (χ2n) is 3.26. The fourth-order valence-corrected chi connectivity index (χ4v) is 1.57. The summed E-state index contributed by atoms with van der Waals surface area (Å²) in [5, 5.41) is 12.8. The molecule has 0 aliphatic carbocycles. The lowest BCUT2D eigenvalue weighted by molar-refractivity contribution is 0.0652. The van der Waals surface area contributed by atoms with Gasteiger partial charge in [0.25, 0.3) is 0 Å². The summed E-state index contributed by atoms with van der Waals surface area (Å²) in [6, 6.07) is 6.31. The van der Waals surface area contributed by atoms with E-state index in [1.165, 1.54) is 13.2 Å². The van der Waals surface area contributed by atoms with Crippen molar-refractivity contribution in [2.75, 3.05) is 7.11 Å². The van der Waals surface area contributed by atoms with Gasteiger partial charge in [-0.25, -0.2) is 4.79 Å². The van der Waals surface area contributed by atoms with E-state index in [-0.39, 0.29) is 5.76 Å². The normalized spacial score (nSPS) is 10.2. The predicted octanol–water partition coefficient (Wildman–Crippen LogP) is 2.70. The smallest absolute Gasteiger partial charge is 0.374 e. The van der Waals surface area contributed by atoms with E-state index in [0.29, 0.717) is 22.0 Å². The van der Waals surface area contributed by atoms with Crippen LogP contribution in [0.3, 0.4) is 0 Å². The van der Waals surface area contributed by atoms with Gasteiger partial charge < -0.3 is 14.4 Å². The Morgan fingerprint density at radius 3 is 2.76 bits per heavy atom. The van der Waals surface area contributed by atoms with Crippen LogP contribution in [0.1, 0.15) is 10.6 Å². The van der Waals surface area contributed by atoms with Gasteiger partial charge in [0.15, 0.2) is 0 Å². The zero-order chi connectivity index (χ0) is 12.4. The van der Waals surface area contributed by atoms with Crippen molar-refractivity contribution in [3.8, 4) is 17.0 Å². The third-order valence-corrected chi connectivity index (χ3v) is 2.34. The van der Waals surface area contributed by atoms with Gasteiger partial charge in [-0.05, 0) is 18.2 Å². The molecule has 1 N–H and O–H groups in total. The van der Waals surface area contributed by atoms with E-state index in [2.05, 4.69) is 9.68 Å². The zero-order valence-electron chi connectivity index (χ0n) is 8.81. The molecule has 2 aromatic rings. The van der Waals surface area contributed by atoms with Crippen LogP contribution < -0.4 is 4.74 Å². The van der Waals surface area contributed by atoms with E-state index in [4.69, 9.17) is 21.4 Å². The number of rotatable bonds is 3. The number of benzene rings is 1. The highest BCUT2D eigenvalue weighted by Crippen LogP contribution is 2.28. The van der Waals surface area contributed by atoms with Crippen LogP contribution in [-0.4, -0.2) is 23.3 Å². The molecule has 5 nitrogen and oxygen atoms in total. The SMILES string of the molecule is COc1cc(Cl)cc(-c2cc(C(=O)O)on2)c1. The topological polar surface area (TPSA) is 72.6 Å². The number of carbonyl (C=O) groups is 1. The van der Waals surface area contributed by atoms with Crippen LogP contribution in [0.15, 0.2) is 28.8 Å². The molecule has 0 unspecified atom stereocenters. The van der Waals surface area contributed by atoms with E-state index in [0.717, 1.165) is 0 Å². The number of aromatic carboxylic acids is 1. The molecule has 0 saturated heterocycles. The molecule has 1 heterocycles. The van der Waals surface area contributed by atoms with Crippen LogP contribution >= 0.6 is 11.6 Å². The fraction of sp³-hybridized carbons (Fsp3) is 0.0909. The van der Waals surface area contributed by atoms with Crippen LogP contribution in [0.5, 0.6) is 5.75 Å². The first-order chi connectivity index (χ1) is 8.10. The van der Waals surface area contributed by atoms with Gasteiger partial charge >= 0.3 is 5.97 Å². The van der Waals surface area contributed by atoms with Crippen LogP contribution in [-0.2, 0) is 0 Å². The molecule has 0 bridgehead atoms. The first-order valence-electron chi connectivity index (χ1n) is 4.65. The lowest BCUT2D eigenvalue weighted by Gasteiger charge is -2.02. The van der Waals surface area contributed by atoms with Gasteiger partial charge in [-0.15, -0.1) is 0 Å². The molecule has 17 heavy (non-hydrogen) atoms. The van der Waals surface area contributed by atoms with Crippen LogP contribution in [0.25, 0.3) is 11.3 Å². The summed E-state index contributed by atoms with van der Waals surface area (Å²) in [5.74, 6) is -0.830. The monoisotopic (exact) mass is 253 g/mol. The minimum atomic E-state index is -1.17. The zero-order valence-corrected chi connectivity index (χ0v) is 9.56. The van der Waals surface area contributed by atoms with Crippen molar-refractivity contribution in [3.05, 3.63) is 35.0 Å². The number of hydrogen-bond donors (Lipinski definition) is 1. The number of ether oxygens (including phenoxy) is 1. The van der Waals surface area contributed by atoms with E-state index >= 15 is 0 Å². The third-order valence-electron chi connectivity index (χ3n) is 2.12. The van der Waals surface area contributed by atoms with E-state index in [1.807, 2.05) is 0 Å². The highest BCUT2D eigenvalue weighted by molar-refractivity contribution is 6.31. The minimum absolute atomic E-state index is 0.223. The molecule has 2 rings (SSSR count). The Labute approximate surface area is 102 Å². The minimum Gasteiger partial charge on any atom is -0.497 e. The molecule has 6 heteroatoms. The molecule has 0 saturated carbocycles. The van der Waals surface area contributed by atoms with Crippen LogP contribution in [0, 0.1) is 0 Å². The summed E-state index contributed by atoms with van der Waals surface area (Å²) < 4.78 is 9.71. The van der Waals surface area contributed by atoms with Gasteiger partial charge in [0.2, 0.25) is 5.76 Å². The Morgan fingerprint density at radius 1 is 1.41 bits per heavy atom. The molecule has 88 valence electrons. The summed E-state index contributed by atoms with van der Waals surface area (Å²) in [5.41, 5.74) is 1.02. The maximum Gasteiger partial charge on any atom is 0.374 e. The predicted molar refractivity (Wildman–Crippen MR) is 60.5 cm³/mol. The average Bonchev–Trinajstić information content (AvgIpc) is 2.77. The molecule has 1 aromatic heterocycles. The molecule has 0 radical (unpaired) electrons. The summed E-state index contributed by atoms with van der Waals surface area (Å²) >= 11 is 5.89. The molecule has 0 fully saturated rings. The molecule has 0 spiro atoms. The highest BCUT2D eigenvalue weighted by Gasteiger charge is 2.13. The van der Waals surface area contributed by atoms with E-state index in [1.54, 1.807) is 18.2 Å². The number of carboxylic acid groups (broad SMARTS) is 1. The summed E-state index contributed by atoms with van der Waals surface area (Å²) in [4.78, 5) is 10.7. The van der Waals surface area contributed by atoms with Crippen molar-refractivity contribution < 1.29 is 19.2 Å². The fourth-order valence-electron chi connectivity index (χ4n) is 1.34. The van der Waals surface area contributed by atoms with Crippen molar-refractivity contribution in [2.24, 2.45) is 0 Å². The van der Waals surface area contributed by atoms with Crippen LogP contribution in [0.4, 0.5) is 0 Å². The van der Waals surface area contributed by atoms with Crippen LogP contribution in [0.2, 0.25) is 5.02 Å². The number of hydrogen-bond acceptors (Lipinski definition) is 4. The van der Waals surface area contributed by atoms with Gasteiger partial charge in [-0.1, -0.05) is 16.8 Å². The Hall–Kier alpha value is -2.01. The quantitative estimate of drug-likeness (QED) is 0.910. The van der Waals surface area contributed by atoms with Crippen molar-refractivity contribution in [3.63, 3.8) is 0 Å². The Balaban J connectivity index is 2.44. The average molecular weight is 254 g/mol. The summed E-state index contributed by atoms with van der Waals surface area (Å²) in [7, 11) is 1.51. The number of carboxylic acids is 1. The van der Waals surface area contributed by atoms with Gasteiger partial charge in [0.05, 0.1) is 7.11 Å². The lowest BCUT2D eigenvalue weighted by Crippen LogP contribution is -1.91. The van der Waals surface area contributed by atoms with Gasteiger partial charge in [-0.3, -0.25) is 0 Å².